The zero-order valence-corrected chi connectivity index (χ0v) is 12.1. The molecule has 1 aromatic carbocycles. The number of rotatable bonds is 7. The Kier molecular flexibility index (Phi) is 6.70. The van der Waals surface area contributed by atoms with Crippen molar-refractivity contribution in [1.82, 2.24) is 10.2 Å². The molecule has 96 valence electrons. The highest BCUT2D eigenvalue weighted by molar-refractivity contribution is 9.10. The summed E-state index contributed by atoms with van der Waals surface area (Å²) in [5, 5.41) is 3.15. The molecule has 0 aliphatic heterocycles. The Hall–Kier alpha value is -0.450. The first kappa shape index (κ1) is 14.6. The minimum Gasteiger partial charge on any atom is -0.318 e. The molecule has 0 unspecified atom stereocenters. The smallest absolute Gasteiger partial charge is 0.137 e. The minimum atomic E-state index is -0.203. The number of hydrogen-bond donors (Lipinski definition) is 1. The Labute approximate surface area is 111 Å². The zero-order valence-electron chi connectivity index (χ0n) is 10.5. The Balaban J connectivity index is 2.61. The number of halogens is 2. The fraction of sp³-hybridized carbons (Fsp3) is 0.538. The summed E-state index contributed by atoms with van der Waals surface area (Å²) in [6, 6.07) is 5.22. The van der Waals surface area contributed by atoms with Crippen molar-refractivity contribution in [1.29, 1.82) is 0 Å². The molecule has 4 heteroatoms. The lowest BCUT2D eigenvalue weighted by molar-refractivity contribution is 0.267. The van der Waals surface area contributed by atoms with Crippen LogP contribution in [0.5, 0.6) is 0 Å². The summed E-state index contributed by atoms with van der Waals surface area (Å²) in [5.74, 6) is -0.203. The molecule has 0 saturated heterocycles. The van der Waals surface area contributed by atoms with Gasteiger partial charge in [-0.25, -0.2) is 4.39 Å². The highest BCUT2D eigenvalue weighted by atomic mass is 79.9. The third-order valence-electron chi connectivity index (χ3n) is 2.61. The third-order valence-corrected chi connectivity index (χ3v) is 3.22. The predicted molar refractivity (Wildman–Crippen MR) is 73.6 cm³/mol. The maximum atomic E-state index is 13.1. The van der Waals surface area contributed by atoms with Crippen LogP contribution in [0.4, 0.5) is 4.39 Å². The summed E-state index contributed by atoms with van der Waals surface area (Å²) >= 11 is 3.22. The minimum absolute atomic E-state index is 0.203. The van der Waals surface area contributed by atoms with E-state index < -0.39 is 0 Å². The second-order valence-corrected chi connectivity index (χ2v) is 4.98. The fourth-order valence-electron chi connectivity index (χ4n) is 1.75. The van der Waals surface area contributed by atoms with Crippen LogP contribution in [0.25, 0.3) is 0 Å². The van der Waals surface area contributed by atoms with Gasteiger partial charge in [-0.2, -0.15) is 0 Å². The van der Waals surface area contributed by atoms with E-state index in [4.69, 9.17) is 0 Å². The van der Waals surface area contributed by atoms with E-state index in [9.17, 15) is 4.39 Å². The predicted octanol–water partition coefficient (Wildman–Crippen LogP) is 3.02. The Morgan fingerprint density at radius 3 is 2.71 bits per heavy atom. The van der Waals surface area contributed by atoms with E-state index in [1.54, 1.807) is 0 Å². The second kappa shape index (κ2) is 7.80. The van der Waals surface area contributed by atoms with Gasteiger partial charge in [-0.3, -0.25) is 4.90 Å². The molecule has 0 heterocycles. The van der Waals surface area contributed by atoms with Crippen LogP contribution in [-0.2, 0) is 6.54 Å². The van der Waals surface area contributed by atoms with E-state index in [1.807, 2.05) is 19.2 Å². The SMILES string of the molecule is CCCN(CCNC)Cc1ccc(F)c(Br)c1. The number of nitrogens with one attached hydrogen (secondary N) is 1. The lowest BCUT2D eigenvalue weighted by atomic mass is 10.2. The quantitative estimate of drug-likeness (QED) is 0.833. The van der Waals surface area contributed by atoms with Crippen molar-refractivity contribution in [3.05, 3.63) is 34.1 Å². The van der Waals surface area contributed by atoms with Gasteiger partial charge in [0.15, 0.2) is 0 Å². The first-order chi connectivity index (χ1) is 8.17. The Morgan fingerprint density at radius 1 is 1.35 bits per heavy atom. The van der Waals surface area contributed by atoms with E-state index in [0.717, 1.165) is 38.2 Å². The lowest BCUT2D eigenvalue weighted by Crippen LogP contribution is -2.31. The molecular weight excluding hydrogens is 283 g/mol. The molecule has 0 bridgehead atoms. The number of benzene rings is 1. The van der Waals surface area contributed by atoms with Crippen molar-refractivity contribution >= 4 is 15.9 Å². The van der Waals surface area contributed by atoms with E-state index in [2.05, 4.69) is 33.1 Å². The van der Waals surface area contributed by atoms with Crippen molar-refractivity contribution in [2.24, 2.45) is 0 Å². The topological polar surface area (TPSA) is 15.3 Å². The van der Waals surface area contributed by atoms with Gasteiger partial charge < -0.3 is 5.32 Å². The van der Waals surface area contributed by atoms with Crippen LogP contribution in [0.3, 0.4) is 0 Å². The molecule has 0 fully saturated rings. The summed E-state index contributed by atoms with van der Waals surface area (Å²) < 4.78 is 13.7. The molecule has 17 heavy (non-hydrogen) atoms. The monoisotopic (exact) mass is 302 g/mol. The van der Waals surface area contributed by atoms with Crippen LogP contribution < -0.4 is 5.32 Å². The average Bonchev–Trinajstić information content (AvgIpc) is 2.31. The van der Waals surface area contributed by atoms with Crippen molar-refractivity contribution in [3.8, 4) is 0 Å². The number of nitrogens with zero attached hydrogens (tertiary/aromatic N) is 1. The van der Waals surface area contributed by atoms with Crippen molar-refractivity contribution < 1.29 is 4.39 Å². The normalized spacial score (nSPS) is 11.1. The van der Waals surface area contributed by atoms with E-state index in [-0.39, 0.29) is 5.82 Å². The number of hydrogen-bond acceptors (Lipinski definition) is 2. The summed E-state index contributed by atoms with van der Waals surface area (Å²) in [7, 11) is 1.96. The van der Waals surface area contributed by atoms with Gasteiger partial charge in [-0.05, 0) is 53.6 Å². The molecule has 1 N–H and O–H groups in total. The molecule has 1 aromatic rings. The van der Waals surface area contributed by atoms with Gasteiger partial charge in [-0.15, -0.1) is 0 Å². The summed E-state index contributed by atoms with van der Waals surface area (Å²) in [6.45, 7) is 6.10. The van der Waals surface area contributed by atoms with Gasteiger partial charge in [0.25, 0.3) is 0 Å². The van der Waals surface area contributed by atoms with Crippen molar-refractivity contribution in [3.63, 3.8) is 0 Å². The van der Waals surface area contributed by atoms with Crippen LogP contribution in [0.15, 0.2) is 22.7 Å². The average molecular weight is 303 g/mol. The van der Waals surface area contributed by atoms with Crippen molar-refractivity contribution in [2.75, 3.05) is 26.7 Å². The molecule has 0 radical (unpaired) electrons. The fourth-order valence-corrected chi connectivity index (χ4v) is 2.18. The van der Waals surface area contributed by atoms with Gasteiger partial charge in [0.1, 0.15) is 5.82 Å². The third kappa shape index (κ3) is 5.15. The van der Waals surface area contributed by atoms with Crippen LogP contribution in [-0.4, -0.2) is 31.6 Å². The first-order valence-corrected chi connectivity index (χ1v) is 6.77. The highest BCUT2D eigenvalue weighted by Crippen LogP contribution is 2.17. The van der Waals surface area contributed by atoms with Crippen LogP contribution in [0, 0.1) is 5.82 Å². The Bertz CT molecular complexity index is 344. The number of likely N-dealkylation sites (N-methyl/N-ethyl adjacent to an activating group) is 1. The largest absolute Gasteiger partial charge is 0.318 e. The van der Waals surface area contributed by atoms with Gasteiger partial charge in [-0.1, -0.05) is 13.0 Å². The molecule has 0 atom stereocenters. The van der Waals surface area contributed by atoms with Gasteiger partial charge in [0.2, 0.25) is 0 Å². The van der Waals surface area contributed by atoms with Gasteiger partial charge in [0, 0.05) is 19.6 Å². The van der Waals surface area contributed by atoms with Crippen LogP contribution >= 0.6 is 15.9 Å². The Morgan fingerprint density at radius 2 is 2.12 bits per heavy atom. The molecule has 0 aliphatic rings. The summed E-state index contributed by atoms with van der Waals surface area (Å²) in [5.41, 5.74) is 1.14. The van der Waals surface area contributed by atoms with Gasteiger partial charge in [0.05, 0.1) is 4.47 Å². The zero-order chi connectivity index (χ0) is 12.7. The van der Waals surface area contributed by atoms with Gasteiger partial charge >= 0.3 is 0 Å². The molecule has 1 rings (SSSR count). The van der Waals surface area contributed by atoms with Crippen molar-refractivity contribution in [2.45, 2.75) is 19.9 Å². The van der Waals surface area contributed by atoms with Crippen LogP contribution in [0.2, 0.25) is 0 Å². The summed E-state index contributed by atoms with van der Waals surface area (Å²) in [4.78, 5) is 2.37. The molecule has 2 nitrogen and oxygen atoms in total. The molecule has 0 aliphatic carbocycles. The highest BCUT2D eigenvalue weighted by Gasteiger charge is 2.06. The van der Waals surface area contributed by atoms with E-state index >= 15 is 0 Å². The standard InChI is InChI=1S/C13H20BrFN2/c1-3-7-17(8-6-16-2)10-11-4-5-13(15)12(14)9-11/h4-5,9,16H,3,6-8,10H2,1-2H3. The van der Waals surface area contributed by atoms with Crippen LogP contribution in [0.1, 0.15) is 18.9 Å². The molecule has 0 spiro atoms. The second-order valence-electron chi connectivity index (χ2n) is 4.13. The first-order valence-electron chi connectivity index (χ1n) is 5.98. The maximum Gasteiger partial charge on any atom is 0.137 e. The molecule has 0 saturated carbocycles. The maximum absolute atomic E-state index is 13.1. The van der Waals surface area contributed by atoms with E-state index in [1.165, 1.54) is 6.07 Å². The summed E-state index contributed by atoms with van der Waals surface area (Å²) in [6.07, 6.45) is 1.13. The molecule has 0 amide bonds. The van der Waals surface area contributed by atoms with E-state index in [0.29, 0.717) is 4.47 Å². The molecule has 0 aromatic heterocycles. The lowest BCUT2D eigenvalue weighted by Gasteiger charge is -2.21. The molecular formula is C13H20BrFN2.